The predicted molar refractivity (Wildman–Crippen MR) is 129 cm³/mol. The van der Waals surface area contributed by atoms with Gasteiger partial charge in [0.15, 0.2) is 16.6 Å². The van der Waals surface area contributed by atoms with Gasteiger partial charge in [0.05, 0.1) is 48.6 Å². The molecule has 10 nitrogen and oxygen atoms in total. The molecule has 0 radical (unpaired) electrons. The van der Waals surface area contributed by atoms with E-state index in [1.165, 1.54) is 42.6 Å². The van der Waals surface area contributed by atoms with Crippen LogP contribution in [0, 0.1) is 17.0 Å². The van der Waals surface area contributed by atoms with E-state index < -0.39 is 10.8 Å². The third kappa shape index (κ3) is 4.96. The number of benzene rings is 2. The molecule has 34 heavy (non-hydrogen) atoms. The lowest BCUT2D eigenvalue weighted by atomic mass is 10.1. The topological polar surface area (TPSA) is 107 Å². The maximum atomic E-state index is 13.8. The highest BCUT2D eigenvalue weighted by molar-refractivity contribution is 7.22. The molecule has 0 atom stereocenters. The van der Waals surface area contributed by atoms with Gasteiger partial charge < -0.3 is 14.2 Å². The van der Waals surface area contributed by atoms with Gasteiger partial charge in [0.25, 0.3) is 11.6 Å². The van der Waals surface area contributed by atoms with E-state index in [0.717, 1.165) is 28.9 Å². The Morgan fingerprint density at radius 1 is 1.21 bits per heavy atom. The van der Waals surface area contributed by atoms with Crippen LogP contribution in [-0.4, -0.2) is 74.3 Å². The van der Waals surface area contributed by atoms with Crippen LogP contribution < -0.4 is 14.4 Å². The van der Waals surface area contributed by atoms with Gasteiger partial charge >= 0.3 is 0 Å². The highest BCUT2D eigenvalue weighted by Crippen LogP contribution is 2.37. The summed E-state index contributed by atoms with van der Waals surface area (Å²) in [6.45, 7) is 5.70. The number of hydrogen-bond acceptors (Lipinski definition) is 9. The van der Waals surface area contributed by atoms with Crippen LogP contribution in [0.25, 0.3) is 10.2 Å². The molecule has 2 heterocycles. The minimum atomic E-state index is -0.586. The molecule has 11 heteroatoms. The normalized spacial score (nSPS) is 14.2. The number of methoxy groups -OCH3 is 2. The predicted octanol–water partition coefficient (Wildman–Crippen LogP) is 3.51. The van der Waals surface area contributed by atoms with Crippen molar-refractivity contribution in [2.45, 2.75) is 6.92 Å². The summed E-state index contributed by atoms with van der Waals surface area (Å²) in [5.41, 5.74) is 1.43. The van der Waals surface area contributed by atoms with Gasteiger partial charge in [-0.25, -0.2) is 4.98 Å². The first-order valence-corrected chi connectivity index (χ1v) is 11.6. The van der Waals surface area contributed by atoms with Crippen LogP contribution in [0.2, 0.25) is 0 Å². The van der Waals surface area contributed by atoms with Gasteiger partial charge in [-0.05, 0) is 24.6 Å². The van der Waals surface area contributed by atoms with Gasteiger partial charge in [0.2, 0.25) is 0 Å². The van der Waals surface area contributed by atoms with E-state index in [-0.39, 0.29) is 22.7 Å². The third-order valence-electron chi connectivity index (χ3n) is 5.68. The highest BCUT2D eigenvalue weighted by atomic mass is 32.1. The quantitative estimate of drug-likeness (QED) is 0.352. The molecule has 0 spiro atoms. The maximum absolute atomic E-state index is 13.8. The lowest BCUT2D eigenvalue weighted by Gasteiger charge is -2.29. The van der Waals surface area contributed by atoms with Gasteiger partial charge in [-0.15, -0.1) is 0 Å². The molecule has 180 valence electrons. The second kappa shape index (κ2) is 10.3. The van der Waals surface area contributed by atoms with Gasteiger partial charge in [-0.1, -0.05) is 17.4 Å². The summed E-state index contributed by atoms with van der Waals surface area (Å²) in [4.78, 5) is 33.4. The van der Waals surface area contributed by atoms with Crippen LogP contribution in [0.5, 0.6) is 11.5 Å². The van der Waals surface area contributed by atoms with E-state index >= 15 is 0 Å². The van der Waals surface area contributed by atoms with Crippen molar-refractivity contribution in [3.05, 3.63) is 51.6 Å². The first-order chi connectivity index (χ1) is 16.4. The molecule has 0 saturated carbocycles. The Balaban J connectivity index is 1.75. The van der Waals surface area contributed by atoms with Crippen molar-refractivity contribution in [1.82, 2.24) is 9.88 Å². The zero-order valence-electron chi connectivity index (χ0n) is 19.3. The Labute approximate surface area is 200 Å². The number of aromatic nitrogens is 1. The standard InChI is InChI=1S/C23H26N4O6S/c1-15-4-5-17-21(12-15)34-23(24-17)26(7-6-25-8-10-33-11-9-25)22(28)16-13-19(31-2)20(32-3)14-18(16)27(29)30/h4-5,12-14H,6-11H2,1-3H3. The number of hydrogen-bond donors (Lipinski definition) is 0. The number of amides is 1. The van der Waals surface area contributed by atoms with Crippen molar-refractivity contribution in [2.75, 3.05) is 58.5 Å². The number of anilines is 1. The Bertz CT molecular complexity index is 1210. The molecule has 1 fully saturated rings. The van der Waals surface area contributed by atoms with E-state index in [0.29, 0.717) is 31.4 Å². The number of morpholine rings is 1. The van der Waals surface area contributed by atoms with Crippen LogP contribution >= 0.6 is 11.3 Å². The highest BCUT2D eigenvalue weighted by Gasteiger charge is 2.30. The van der Waals surface area contributed by atoms with Crippen molar-refractivity contribution in [3.63, 3.8) is 0 Å². The van der Waals surface area contributed by atoms with Crippen LogP contribution in [0.15, 0.2) is 30.3 Å². The number of carbonyl (C=O) groups excluding carboxylic acids is 1. The van der Waals surface area contributed by atoms with Crippen molar-refractivity contribution in [1.29, 1.82) is 0 Å². The number of nitro groups is 1. The fraction of sp³-hybridized carbons (Fsp3) is 0.391. The van der Waals surface area contributed by atoms with Gasteiger partial charge in [-0.2, -0.15) is 0 Å². The Hall–Kier alpha value is -3.28. The largest absolute Gasteiger partial charge is 0.493 e. The van der Waals surface area contributed by atoms with E-state index in [1.807, 2.05) is 25.1 Å². The van der Waals surface area contributed by atoms with Crippen LogP contribution in [-0.2, 0) is 4.74 Å². The molecular weight excluding hydrogens is 460 g/mol. The van der Waals surface area contributed by atoms with Gasteiger partial charge in [0.1, 0.15) is 5.56 Å². The number of thiazole rings is 1. The summed E-state index contributed by atoms with van der Waals surface area (Å²) in [7, 11) is 2.81. The van der Waals surface area contributed by atoms with E-state index in [1.54, 1.807) is 0 Å². The fourth-order valence-electron chi connectivity index (χ4n) is 3.82. The number of aryl methyl sites for hydroxylation is 1. The zero-order chi connectivity index (χ0) is 24.2. The fourth-order valence-corrected chi connectivity index (χ4v) is 4.91. The van der Waals surface area contributed by atoms with E-state index in [9.17, 15) is 14.9 Å². The van der Waals surface area contributed by atoms with Crippen molar-refractivity contribution < 1.29 is 23.9 Å². The molecule has 1 saturated heterocycles. The average Bonchev–Trinajstić information content (AvgIpc) is 3.26. The molecule has 1 aliphatic rings. The third-order valence-corrected chi connectivity index (χ3v) is 6.72. The number of ether oxygens (including phenoxy) is 3. The smallest absolute Gasteiger partial charge is 0.286 e. The van der Waals surface area contributed by atoms with Crippen LogP contribution in [0.4, 0.5) is 10.8 Å². The summed E-state index contributed by atoms with van der Waals surface area (Å²) < 4.78 is 16.9. The molecule has 0 N–H and O–H groups in total. The van der Waals surface area contributed by atoms with Gasteiger partial charge in [-0.3, -0.25) is 24.7 Å². The summed E-state index contributed by atoms with van der Waals surface area (Å²) in [5.74, 6) is -0.0951. The van der Waals surface area contributed by atoms with Crippen molar-refractivity contribution in [3.8, 4) is 11.5 Å². The zero-order valence-corrected chi connectivity index (χ0v) is 20.1. The molecule has 1 amide bonds. The number of fused-ring (bicyclic) bond motifs is 1. The average molecular weight is 487 g/mol. The van der Waals surface area contributed by atoms with E-state index in [4.69, 9.17) is 14.2 Å². The summed E-state index contributed by atoms with van der Waals surface area (Å²) in [6.07, 6.45) is 0. The summed E-state index contributed by atoms with van der Waals surface area (Å²) >= 11 is 1.39. The first-order valence-electron chi connectivity index (χ1n) is 10.8. The van der Waals surface area contributed by atoms with Crippen LogP contribution in [0.3, 0.4) is 0 Å². The Kier molecular flexibility index (Phi) is 7.25. The molecule has 4 rings (SSSR count). The first kappa shape index (κ1) is 23.9. The molecule has 1 aromatic heterocycles. The molecule has 0 aliphatic carbocycles. The van der Waals surface area contributed by atoms with Gasteiger partial charge in [0, 0.05) is 32.2 Å². The molecule has 3 aromatic rings. The molecule has 1 aliphatic heterocycles. The minimum Gasteiger partial charge on any atom is -0.493 e. The number of nitro benzene ring substituents is 1. The lowest BCUT2D eigenvalue weighted by molar-refractivity contribution is -0.385. The lowest BCUT2D eigenvalue weighted by Crippen LogP contribution is -2.43. The Morgan fingerprint density at radius 3 is 2.59 bits per heavy atom. The summed E-state index contributed by atoms with van der Waals surface area (Å²) in [6, 6.07) is 8.46. The number of nitrogens with zero attached hydrogens (tertiary/aromatic N) is 4. The molecule has 0 unspecified atom stereocenters. The van der Waals surface area contributed by atoms with Crippen molar-refractivity contribution >= 4 is 38.3 Å². The molecule has 0 bridgehead atoms. The molecular formula is C23H26N4O6S. The Morgan fingerprint density at radius 2 is 1.91 bits per heavy atom. The minimum absolute atomic E-state index is 0.0833. The SMILES string of the molecule is COc1cc(C(=O)N(CCN2CCOCC2)c2nc3ccc(C)cc3s2)c([N+](=O)[O-])cc1OC. The van der Waals surface area contributed by atoms with Crippen molar-refractivity contribution in [2.24, 2.45) is 0 Å². The number of rotatable bonds is 8. The van der Waals surface area contributed by atoms with E-state index in [2.05, 4.69) is 9.88 Å². The second-order valence-corrected chi connectivity index (χ2v) is 8.87. The molecule has 2 aromatic carbocycles. The second-order valence-electron chi connectivity index (χ2n) is 7.86. The summed E-state index contributed by atoms with van der Waals surface area (Å²) in [5, 5.41) is 12.3. The number of carbonyl (C=O) groups is 1. The monoisotopic (exact) mass is 486 g/mol. The maximum Gasteiger partial charge on any atom is 0.286 e. The van der Waals surface area contributed by atoms with Crippen LogP contribution in [0.1, 0.15) is 15.9 Å².